The third-order valence-corrected chi connectivity index (χ3v) is 2.73. The monoisotopic (exact) mass is 269 g/mol. The number of ether oxygens (including phenoxy) is 3. The summed E-state index contributed by atoms with van der Waals surface area (Å²) in [6.07, 6.45) is -0.211. The fourth-order valence-electron chi connectivity index (χ4n) is 1.71. The third-order valence-electron chi connectivity index (χ3n) is 2.73. The van der Waals surface area contributed by atoms with Gasteiger partial charge in [0.2, 0.25) is 5.75 Å². The fourth-order valence-corrected chi connectivity index (χ4v) is 1.71. The maximum Gasteiger partial charge on any atom is 0.203 e. The van der Waals surface area contributed by atoms with Crippen LogP contribution in [0.1, 0.15) is 11.7 Å². The zero-order valence-electron chi connectivity index (χ0n) is 11.4. The molecule has 0 aliphatic heterocycles. The molecule has 0 heterocycles. The second-order valence-corrected chi connectivity index (χ2v) is 3.70. The molecule has 0 saturated heterocycles. The lowest BCUT2D eigenvalue weighted by Crippen LogP contribution is -2.15. The minimum atomic E-state index is -1.02. The van der Waals surface area contributed by atoms with Crippen LogP contribution in [-0.4, -0.2) is 38.6 Å². The maximum atomic E-state index is 10.1. The van der Waals surface area contributed by atoms with Crippen molar-refractivity contribution in [2.24, 2.45) is 0 Å². The van der Waals surface area contributed by atoms with Gasteiger partial charge >= 0.3 is 0 Å². The summed E-state index contributed by atoms with van der Waals surface area (Å²) in [5.41, 5.74) is 0.762. The van der Waals surface area contributed by atoms with Crippen LogP contribution in [0.15, 0.2) is 24.1 Å². The number of benzene rings is 1. The Morgan fingerprint density at radius 1 is 1.16 bits per heavy atom. The van der Waals surface area contributed by atoms with E-state index in [4.69, 9.17) is 19.3 Å². The second-order valence-electron chi connectivity index (χ2n) is 3.70. The Balaban J connectivity index is 3.30. The van der Waals surface area contributed by atoms with E-state index in [1.807, 2.05) is 0 Å². The smallest absolute Gasteiger partial charge is 0.203 e. The van der Waals surface area contributed by atoms with E-state index in [-0.39, 0.29) is 5.70 Å². The zero-order chi connectivity index (χ0) is 14.4. The lowest BCUT2D eigenvalue weighted by Gasteiger charge is -2.18. The molecule has 0 amide bonds. The quantitative estimate of drug-likeness (QED) is 0.677. The van der Waals surface area contributed by atoms with Crippen molar-refractivity contribution in [1.29, 1.82) is 0 Å². The van der Waals surface area contributed by atoms with Crippen molar-refractivity contribution in [3.63, 3.8) is 0 Å². The van der Waals surface area contributed by atoms with Crippen molar-refractivity contribution in [3.05, 3.63) is 29.7 Å². The Kier molecular flexibility index (Phi) is 5.32. The van der Waals surface area contributed by atoms with Crippen molar-refractivity contribution in [1.82, 2.24) is 5.32 Å². The molecule has 1 aromatic rings. The Morgan fingerprint density at radius 2 is 1.68 bits per heavy atom. The van der Waals surface area contributed by atoms with Crippen molar-refractivity contribution >= 4 is 0 Å². The van der Waals surface area contributed by atoms with Crippen molar-refractivity contribution in [3.8, 4) is 17.2 Å². The van der Waals surface area contributed by atoms with Gasteiger partial charge in [-0.25, -0.2) is 0 Å². The minimum absolute atomic E-state index is 0.259. The van der Waals surface area contributed by atoms with Crippen LogP contribution in [-0.2, 0) is 0 Å². The highest BCUT2D eigenvalue weighted by Crippen LogP contribution is 2.40. The first-order valence-electron chi connectivity index (χ1n) is 5.62. The van der Waals surface area contributed by atoms with Crippen LogP contribution in [0.4, 0.5) is 0 Å². The molecule has 1 unspecified atom stereocenters. The molecule has 1 rings (SSSR count). The summed E-state index contributed by atoms with van der Waals surface area (Å²) < 4.78 is 15.6. The van der Waals surface area contributed by atoms with E-state index in [2.05, 4.69) is 5.32 Å². The van der Waals surface area contributed by atoms with Crippen molar-refractivity contribution in [2.75, 3.05) is 28.4 Å². The van der Waals surface area contributed by atoms with E-state index in [0.29, 0.717) is 22.8 Å². The van der Waals surface area contributed by atoms with Gasteiger partial charge in [0.1, 0.15) is 12.4 Å². The highest BCUT2D eigenvalue weighted by molar-refractivity contribution is 5.54. The highest BCUT2D eigenvalue weighted by Gasteiger charge is 2.19. The number of aliphatic hydroxyl groups excluding tert-OH is 2. The van der Waals surface area contributed by atoms with Crippen LogP contribution in [0.25, 0.3) is 0 Å². The molecule has 0 saturated carbocycles. The standard InChI is InChI=1S/C13H19NO5/c1-14-9(7-15)12(16)8-5-10(17-2)13(19-4)11(6-8)18-3/h5-7,12,14-16H,1-4H3/b9-7-. The predicted octanol–water partition coefficient (Wildman–Crippen LogP) is 1.36. The molecule has 6 heteroatoms. The van der Waals surface area contributed by atoms with E-state index in [9.17, 15) is 5.11 Å². The summed E-state index contributed by atoms with van der Waals surface area (Å²) in [5, 5.41) is 21.9. The van der Waals surface area contributed by atoms with Gasteiger partial charge in [0.15, 0.2) is 11.5 Å². The van der Waals surface area contributed by atoms with E-state index in [1.54, 1.807) is 19.2 Å². The molecule has 0 radical (unpaired) electrons. The molecule has 19 heavy (non-hydrogen) atoms. The van der Waals surface area contributed by atoms with Gasteiger partial charge in [-0.2, -0.15) is 0 Å². The summed E-state index contributed by atoms with van der Waals surface area (Å²) in [6, 6.07) is 3.24. The van der Waals surface area contributed by atoms with E-state index >= 15 is 0 Å². The molecule has 106 valence electrons. The molecule has 0 aliphatic rings. The van der Waals surface area contributed by atoms with Gasteiger partial charge in [-0.05, 0) is 17.7 Å². The SMILES string of the molecule is CN/C(=C\O)C(O)c1cc(OC)c(OC)c(OC)c1. The molecular formula is C13H19NO5. The number of likely N-dealkylation sites (N-methyl/N-ethyl adjacent to an activating group) is 1. The van der Waals surface area contributed by atoms with E-state index in [0.717, 1.165) is 6.26 Å². The molecule has 0 fully saturated rings. The van der Waals surface area contributed by atoms with Crippen molar-refractivity contribution in [2.45, 2.75) is 6.10 Å². The number of rotatable bonds is 6. The second kappa shape index (κ2) is 6.75. The zero-order valence-corrected chi connectivity index (χ0v) is 11.4. The molecule has 3 N–H and O–H groups in total. The molecule has 0 aliphatic carbocycles. The fraction of sp³-hybridized carbons (Fsp3) is 0.385. The van der Waals surface area contributed by atoms with Crippen LogP contribution in [0.2, 0.25) is 0 Å². The van der Waals surface area contributed by atoms with Gasteiger partial charge in [0.25, 0.3) is 0 Å². The number of methoxy groups -OCH3 is 3. The Hall–Kier alpha value is -2.08. The lowest BCUT2D eigenvalue weighted by molar-refractivity contribution is 0.201. The van der Waals surface area contributed by atoms with Crippen LogP contribution in [0.5, 0.6) is 17.2 Å². The molecule has 1 aromatic carbocycles. The first-order valence-corrected chi connectivity index (χ1v) is 5.62. The molecule has 0 bridgehead atoms. The largest absolute Gasteiger partial charge is 0.514 e. The van der Waals surface area contributed by atoms with Gasteiger partial charge in [-0.1, -0.05) is 0 Å². The first-order chi connectivity index (χ1) is 9.12. The normalized spacial score (nSPS) is 12.8. The third kappa shape index (κ3) is 3.03. The number of hydrogen-bond acceptors (Lipinski definition) is 6. The Morgan fingerprint density at radius 3 is 2.00 bits per heavy atom. The van der Waals surface area contributed by atoms with E-state index < -0.39 is 6.10 Å². The first kappa shape index (κ1) is 15.0. The minimum Gasteiger partial charge on any atom is -0.514 e. The Labute approximate surface area is 112 Å². The maximum absolute atomic E-state index is 10.1. The van der Waals surface area contributed by atoms with Gasteiger partial charge in [-0.15, -0.1) is 0 Å². The summed E-state index contributed by atoms with van der Waals surface area (Å²) in [4.78, 5) is 0. The van der Waals surface area contributed by atoms with Crippen molar-refractivity contribution < 1.29 is 24.4 Å². The van der Waals surface area contributed by atoms with Gasteiger partial charge in [-0.3, -0.25) is 0 Å². The predicted molar refractivity (Wildman–Crippen MR) is 70.8 cm³/mol. The molecular weight excluding hydrogens is 250 g/mol. The average molecular weight is 269 g/mol. The summed E-state index contributed by atoms with van der Waals surface area (Å²) >= 11 is 0. The number of hydrogen-bond donors (Lipinski definition) is 3. The van der Waals surface area contributed by atoms with Gasteiger partial charge < -0.3 is 29.7 Å². The molecule has 1 atom stereocenters. The molecule has 0 spiro atoms. The summed E-state index contributed by atoms with van der Waals surface area (Å²) in [6.45, 7) is 0. The van der Waals surface area contributed by atoms with Crippen LogP contribution in [0.3, 0.4) is 0 Å². The van der Waals surface area contributed by atoms with Gasteiger partial charge in [0.05, 0.1) is 27.0 Å². The molecule has 6 nitrogen and oxygen atoms in total. The summed E-state index contributed by atoms with van der Waals surface area (Å²) in [7, 11) is 6.09. The summed E-state index contributed by atoms with van der Waals surface area (Å²) in [5.74, 6) is 1.31. The highest BCUT2D eigenvalue weighted by atomic mass is 16.5. The van der Waals surface area contributed by atoms with Crippen LogP contribution >= 0.6 is 0 Å². The number of aliphatic hydroxyl groups is 2. The van der Waals surface area contributed by atoms with Crippen LogP contribution in [0, 0.1) is 0 Å². The van der Waals surface area contributed by atoms with Gasteiger partial charge in [0, 0.05) is 7.05 Å². The average Bonchev–Trinajstić information content (AvgIpc) is 2.46. The van der Waals surface area contributed by atoms with Crippen LogP contribution < -0.4 is 19.5 Å². The Bertz CT molecular complexity index is 433. The van der Waals surface area contributed by atoms with E-state index in [1.165, 1.54) is 21.3 Å². The topological polar surface area (TPSA) is 80.2 Å². The lowest BCUT2D eigenvalue weighted by atomic mass is 10.1. The molecule has 0 aromatic heterocycles. The number of nitrogens with one attached hydrogen (secondary N) is 1.